The van der Waals surface area contributed by atoms with Crippen LogP contribution in [0.2, 0.25) is 0 Å². The van der Waals surface area contributed by atoms with Crippen molar-refractivity contribution < 1.29 is 0 Å². The van der Waals surface area contributed by atoms with Gasteiger partial charge in [-0.05, 0) is 101 Å². The molecule has 0 N–H and O–H groups in total. The number of fused-ring (bicyclic) bond motifs is 6. The summed E-state index contributed by atoms with van der Waals surface area (Å²) in [6, 6.07) is 70.4. The molecule has 0 amide bonds. The predicted octanol–water partition coefficient (Wildman–Crippen LogP) is 16.9. The molecule has 1 saturated carbocycles. The van der Waals surface area contributed by atoms with Crippen molar-refractivity contribution in [2.45, 2.75) is 43.9 Å². The van der Waals surface area contributed by atoms with E-state index in [4.69, 9.17) is 0 Å². The molecule has 280 valence electrons. The summed E-state index contributed by atoms with van der Waals surface area (Å²) in [7, 11) is 0. The molecule has 2 heterocycles. The Labute approximate surface area is 348 Å². The van der Waals surface area contributed by atoms with Crippen LogP contribution < -0.4 is 4.90 Å². The van der Waals surface area contributed by atoms with Gasteiger partial charge in [0, 0.05) is 62.8 Å². The molecular formula is C55H43NS2. The highest BCUT2D eigenvalue weighted by Crippen LogP contribution is 2.48. The Kier molecular flexibility index (Phi) is 8.94. The minimum absolute atomic E-state index is 0.0376. The second kappa shape index (κ2) is 14.7. The number of thiophene rings is 2. The third kappa shape index (κ3) is 6.04. The maximum Gasteiger partial charge on any atom is 0.0476 e. The summed E-state index contributed by atoms with van der Waals surface area (Å²) in [6.45, 7) is 0. The van der Waals surface area contributed by atoms with Crippen LogP contribution in [0.4, 0.5) is 17.1 Å². The summed E-state index contributed by atoms with van der Waals surface area (Å²) in [5.74, 6) is 0. The molecule has 0 saturated heterocycles. The summed E-state index contributed by atoms with van der Waals surface area (Å²) >= 11 is 3.78. The number of hydrogen-bond donors (Lipinski definition) is 0. The maximum atomic E-state index is 2.49. The van der Waals surface area contributed by atoms with Crippen LogP contribution in [0, 0.1) is 0 Å². The van der Waals surface area contributed by atoms with Crippen molar-refractivity contribution in [3.8, 4) is 22.3 Å². The molecule has 0 aliphatic heterocycles. The second-order valence-corrected chi connectivity index (χ2v) is 18.1. The first-order chi connectivity index (χ1) is 28.7. The van der Waals surface area contributed by atoms with Crippen LogP contribution >= 0.6 is 22.7 Å². The van der Waals surface area contributed by atoms with Gasteiger partial charge in [0.1, 0.15) is 0 Å². The summed E-state index contributed by atoms with van der Waals surface area (Å²) < 4.78 is 5.25. The van der Waals surface area contributed by atoms with Crippen LogP contribution in [0.5, 0.6) is 0 Å². The quantitative estimate of drug-likeness (QED) is 0.146. The Morgan fingerprint density at radius 3 is 1.52 bits per heavy atom. The number of nitrogens with zero attached hydrogens (tertiary/aromatic N) is 1. The zero-order chi connectivity index (χ0) is 38.5. The molecule has 3 heteroatoms. The first-order valence-corrected chi connectivity index (χ1v) is 22.3. The lowest BCUT2D eigenvalue weighted by molar-refractivity contribution is 0.446. The fourth-order valence-electron chi connectivity index (χ4n) is 9.83. The molecule has 8 aromatic carbocycles. The number of anilines is 3. The Hall–Kier alpha value is -6.00. The van der Waals surface area contributed by atoms with E-state index in [9.17, 15) is 0 Å². The van der Waals surface area contributed by atoms with Crippen molar-refractivity contribution in [3.05, 3.63) is 199 Å². The topological polar surface area (TPSA) is 3.24 Å². The van der Waals surface area contributed by atoms with Gasteiger partial charge in [-0.25, -0.2) is 0 Å². The minimum Gasteiger partial charge on any atom is -0.310 e. The first-order valence-electron chi connectivity index (χ1n) is 20.7. The Morgan fingerprint density at radius 1 is 0.362 bits per heavy atom. The van der Waals surface area contributed by atoms with E-state index in [-0.39, 0.29) is 5.41 Å². The summed E-state index contributed by atoms with van der Waals surface area (Å²) in [5, 5.41) is 5.28. The zero-order valence-corrected chi connectivity index (χ0v) is 34.0. The van der Waals surface area contributed by atoms with Gasteiger partial charge in [0.25, 0.3) is 0 Å². The Morgan fingerprint density at radius 2 is 0.879 bits per heavy atom. The molecule has 11 rings (SSSR count). The smallest absolute Gasteiger partial charge is 0.0476 e. The summed E-state index contributed by atoms with van der Waals surface area (Å²) in [4.78, 5) is 2.49. The van der Waals surface area contributed by atoms with Crippen LogP contribution in [0.3, 0.4) is 0 Å². The van der Waals surface area contributed by atoms with E-state index in [0.29, 0.717) is 0 Å². The van der Waals surface area contributed by atoms with Gasteiger partial charge in [-0.15, -0.1) is 22.7 Å². The van der Waals surface area contributed by atoms with E-state index < -0.39 is 0 Å². The third-order valence-electron chi connectivity index (χ3n) is 12.6. The highest BCUT2D eigenvalue weighted by atomic mass is 32.1. The van der Waals surface area contributed by atoms with Gasteiger partial charge in [-0.2, -0.15) is 0 Å². The molecule has 0 atom stereocenters. The van der Waals surface area contributed by atoms with Gasteiger partial charge in [0.05, 0.1) is 0 Å². The molecule has 0 bridgehead atoms. The second-order valence-electron chi connectivity index (χ2n) is 15.9. The lowest BCUT2D eigenvalue weighted by Crippen LogP contribution is -2.27. The average molecular weight is 782 g/mol. The molecule has 58 heavy (non-hydrogen) atoms. The molecule has 1 aliphatic rings. The van der Waals surface area contributed by atoms with E-state index in [1.807, 2.05) is 22.7 Å². The molecule has 1 fully saturated rings. The van der Waals surface area contributed by atoms with Gasteiger partial charge in [0.2, 0.25) is 0 Å². The van der Waals surface area contributed by atoms with Crippen LogP contribution in [-0.2, 0) is 5.41 Å². The van der Waals surface area contributed by atoms with E-state index in [1.165, 1.54) is 129 Å². The van der Waals surface area contributed by atoms with Crippen molar-refractivity contribution in [3.63, 3.8) is 0 Å². The van der Waals surface area contributed by atoms with Crippen LogP contribution in [0.1, 0.15) is 49.7 Å². The lowest BCUT2D eigenvalue weighted by Gasteiger charge is -2.35. The molecule has 1 aliphatic carbocycles. The van der Waals surface area contributed by atoms with Crippen molar-refractivity contribution in [1.29, 1.82) is 0 Å². The standard InChI is InChI=1S/C55H43NS2/c1-2-13-35-55(34-12-1,40-20-10-5-11-21-40)41-26-28-42(29-27-41)56(43-31-33-49-48(36-43)54-46(23-15-25-51(54)57-49)39-18-8-4-9-19-39)44-30-32-47-52(37-44)58-50-24-14-22-45(53(47)50)38-16-6-3-7-17-38/h3-11,14-33,36-37H,1-2,12-13,34-35H2. The van der Waals surface area contributed by atoms with Gasteiger partial charge in [-0.1, -0.05) is 159 Å². The highest BCUT2D eigenvalue weighted by molar-refractivity contribution is 7.26. The highest BCUT2D eigenvalue weighted by Gasteiger charge is 2.34. The number of rotatable bonds is 7. The fourth-order valence-corrected chi connectivity index (χ4v) is 12.1. The van der Waals surface area contributed by atoms with Gasteiger partial charge < -0.3 is 4.90 Å². The van der Waals surface area contributed by atoms with E-state index >= 15 is 0 Å². The van der Waals surface area contributed by atoms with Crippen molar-refractivity contribution in [2.75, 3.05) is 4.90 Å². The maximum absolute atomic E-state index is 2.49. The van der Waals surface area contributed by atoms with Crippen LogP contribution in [-0.4, -0.2) is 0 Å². The molecule has 0 radical (unpaired) electrons. The number of hydrogen-bond acceptors (Lipinski definition) is 3. The Bertz CT molecular complexity index is 3040. The fraction of sp³-hybridized carbons (Fsp3) is 0.127. The summed E-state index contributed by atoms with van der Waals surface area (Å²) in [5.41, 5.74) is 11.5. The lowest BCUT2D eigenvalue weighted by atomic mass is 9.69. The Balaban J connectivity index is 1.10. The van der Waals surface area contributed by atoms with E-state index in [1.54, 1.807) is 0 Å². The predicted molar refractivity (Wildman–Crippen MR) is 253 cm³/mol. The van der Waals surface area contributed by atoms with Crippen molar-refractivity contribution in [1.82, 2.24) is 0 Å². The van der Waals surface area contributed by atoms with Crippen molar-refractivity contribution in [2.24, 2.45) is 0 Å². The molecule has 1 nitrogen and oxygen atoms in total. The molecule has 0 spiro atoms. The molecular weight excluding hydrogens is 739 g/mol. The molecule has 0 unspecified atom stereocenters. The van der Waals surface area contributed by atoms with Crippen LogP contribution in [0.15, 0.2) is 188 Å². The van der Waals surface area contributed by atoms with Crippen LogP contribution in [0.25, 0.3) is 62.6 Å². The SMILES string of the molecule is c1ccc(-c2cccc3sc4cc(N(c5ccc(C6(c7ccccc7)CCCCCC6)cc5)c5ccc6sc7cccc(-c8ccccc8)c7c6c5)ccc4c23)cc1. The van der Waals surface area contributed by atoms with Gasteiger partial charge >= 0.3 is 0 Å². The van der Waals surface area contributed by atoms with E-state index in [0.717, 1.165) is 0 Å². The zero-order valence-electron chi connectivity index (χ0n) is 32.4. The monoisotopic (exact) mass is 781 g/mol. The van der Waals surface area contributed by atoms with Crippen molar-refractivity contribution >= 4 is 80.1 Å². The normalized spacial score (nSPS) is 14.3. The number of benzene rings is 8. The molecule has 2 aromatic heterocycles. The molecule has 10 aromatic rings. The van der Waals surface area contributed by atoms with Gasteiger partial charge in [-0.3, -0.25) is 0 Å². The first kappa shape index (κ1) is 35.2. The third-order valence-corrected chi connectivity index (χ3v) is 14.9. The average Bonchev–Trinajstić information content (AvgIpc) is 3.75. The summed E-state index contributed by atoms with van der Waals surface area (Å²) in [6.07, 6.45) is 7.56. The van der Waals surface area contributed by atoms with Gasteiger partial charge in [0.15, 0.2) is 0 Å². The largest absolute Gasteiger partial charge is 0.310 e. The minimum atomic E-state index is 0.0376. The van der Waals surface area contributed by atoms with E-state index in [2.05, 4.69) is 193 Å².